The third-order valence-electron chi connectivity index (χ3n) is 4.04. The summed E-state index contributed by atoms with van der Waals surface area (Å²) in [5.74, 6) is -1.79. The Kier molecular flexibility index (Phi) is 4.30. The standard InChI is InChI=1S/C16H15F2N5O/c1-11(15-14(18)6-19-8-21-15)16(24,7-23-10-20-9-22-23)12-2-4-13(17)5-3-12/h2-6,8-11,24H,7H2,1H3/t11?,16-/m0/s1. The molecular formula is C16H15F2N5O. The maximum atomic E-state index is 14.1. The summed E-state index contributed by atoms with van der Waals surface area (Å²) in [5.41, 5.74) is -1.08. The second kappa shape index (κ2) is 6.40. The number of hydrogen-bond acceptors (Lipinski definition) is 5. The van der Waals surface area contributed by atoms with Gasteiger partial charge in [-0.1, -0.05) is 19.1 Å². The van der Waals surface area contributed by atoms with E-state index >= 15 is 0 Å². The largest absolute Gasteiger partial charge is 0.383 e. The van der Waals surface area contributed by atoms with E-state index < -0.39 is 23.2 Å². The van der Waals surface area contributed by atoms with Crippen molar-refractivity contribution in [3.8, 4) is 0 Å². The molecule has 0 radical (unpaired) electrons. The molecule has 0 fully saturated rings. The van der Waals surface area contributed by atoms with E-state index in [2.05, 4.69) is 20.1 Å². The molecule has 0 aliphatic rings. The van der Waals surface area contributed by atoms with Gasteiger partial charge < -0.3 is 5.11 Å². The van der Waals surface area contributed by atoms with Crippen molar-refractivity contribution in [3.63, 3.8) is 0 Å². The van der Waals surface area contributed by atoms with Gasteiger partial charge in [0.05, 0.1) is 18.4 Å². The van der Waals surface area contributed by atoms with Crippen molar-refractivity contribution in [3.05, 3.63) is 72.3 Å². The van der Waals surface area contributed by atoms with E-state index in [1.165, 1.54) is 47.9 Å². The number of aromatic nitrogens is 5. The molecule has 0 aliphatic carbocycles. The first-order chi connectivity index (χ1) is 11.5. The van der Waals surface area contributed by atoms with E-state index in [1.807, 2.05) is 0 Å². The average Bonchev–Trinajstić information content (AvgIpc) is 3.08. The van der Waals surface area contributed by atoms with Gasteiger partial charge in [0, 0.05) is 5.92 Å². The zero-order valence-electron chi connectivity index (χ0n) is 12.8. The Morgan fingerprint density at radius 3 is 2.54 bits per heavy atom. The molecule has 1 N–H and O–H groups in total. The molecule has 0 amide bonds. The molecule has 3 aromatic rings. The summed E-state index contributed by atoms with van der Waals surface area (Å²) in [4.78, 5) is 11.4. The van der Waals surface area contributed by atoms with Gasteiger partial charge in [-0.15, -0.1) is 0 Å². The minimum atomic E-state index is -1.57. The highest BCUT2D eigenvalue weighted by molar-refractivity contribution is 5.28. The second-order valence-electron chi connectivity index (χ2n) is 5.50. The van der Waals surface area contributed by atoms with Crippen molar-refractivity contribution < 1.29 is 13.9 Å². The molecule has 2 atom stereocenters. The molecule has 2 heterocycles. The number of rotatable bonds is 5. The fraction of sp³-hybridized carbons (Fsp3) is 0.250. The van der Waals surface area contributed by atoms with E-state index in [-0.39, 0.29) is 12.2 Å². The highest BCUT2D eigenvalue weighted by Crippen LogP contribution is 2.38. The maximum Gasteiger partial charge on any atom is 0.163 e. The molecular weight excluding hydrogens is 316 g/mol. The van der Waals surface area contributed by atoms with Gasteiger partial charge in [0.1, 0.15) is 30.4 Å². The highest BCUT2D eigenvalue weighted by atomic mass is 19.1. The molecule has 6 nitrogen and oxygen atoms in total. The topological polar surface area (TPSA) is 76.7 Å². The molecule has 0 saturated heterocycles. The van der Waals surface area contributed by atoms with Gasteiger partial charge in [0.15, 0.2) is 5.82 Å². The summed E-state index contributed by atoms with van der Waals surface area (Å²) in [6.45, 7) is 1.65. The summed E-state index contributed by atoms with van der Waals surface area (Å²) in [6, 6.07) is 5.40. The third-order valence-corrected chi connectivity index (χ3v) is 4.04. The lowest BCUT2D eigenvalue weighted by atomic mass is 9.80. The monoisotopic (exact) mass is 331 g/mol. The molecule has 1 aromatic carbocycles. The summed E-state index contributed by atoms with van der Waals surface area (Å²) in [7, 11) is 0. The minimum Gasteiger partial charge on any atom is -0.383 e. The van der Waals surface area contributed by atoms with Crippen molar-refractivity contribution in [2.24, 2.45) is 0 Å². The fourth-order valence-electron chi connectivity index (χ4n) is 2.64. The molecule has 3 rings (SSSR count). The number of halogens is 2. The molecule has 1 unspecified atom stereocenters. The first-order valence-corrected chi connectivity index (χ1v) is 7.27. The van der Waals surface area contributed by atoms with E-state index in [0.29, 0.717) is 5.56 Å². The lowest BCUT2D eigenvalue weighted by Gasteiger charge is -2.34. The van der Waals surface area contributed by atoms with Crippen LogP contribution in [0.2, 0.25) is 0 Å². The highest BCUT2D eigenvalue weighted by Gasteiger charge is 2.39. The van der Waals surface area contributed by atoms with Crippen molar-refractivity contribution >= 4 is 0 Å². The van der Waals surface area contributed by atoms with Gasteiger partial charge in [-0.3, -0.25) is 0 Å². The Morgan fingerprint density at radius 2 is 1.92 bits per heavy atom. The zero-order chi connectivity index (χ0) is 17.2. The Hall–Kier alpha value is -2.74. The lowest BCUT2D eigenvalue weighted by Crippen LogP contribution is -2.38. The van der Waals surface area contributed by atoms with Crippen molar-refractivity contribution in [1.82, 2.24) is 24.7 Å². The molecule has 2 aromatic heterocycles. The van der Waals surface area contributed by atoms with Crippen LogP contribution in [0.25, 0.3) is 0 Å². The summed E-state index contributed by atoms with van der Waals surface area (Å²) >= 11 is 0. The number of nitrogens with zero attached hydrogens (tertiary/aromatic N) is 5. The van der Waals surface area contributed by atoms with Crippen LogP contribution in [0, 0.1) is 11.6 Å². The molecule has 0 bridgehead atoms. The van der Waals surface area contributed by atoms with Crippen molar-refractivity contribution in [2.45, 2.75) is 25.0 Å². The predicted octanol–water partition coefficient (Wildman–Crippen LogP) is 2.04. The summed E-state index contributed by atoms with van der Waals surface area (Å²) in [5, 5.41) is 15.3. The normalized spacial score (nSPS) is 15.0. The molecule has 24 heavy (non-hydrogen) atoms. The molecule has 124 valence electrons. The molecule has 0 aliphatic heterocycles. The average molecular weight is 331 g/mol. The molecule has 0 saturated carbocycles. The molecule has 8 heteroatoms. The van der Waals surface area contributed by atoms with E-state index in [1.54, 1.807) is 6.92 Å². The second-order valence-corrected chi connectivity index (χ2v) is 5.50. The third kappa shape index (κ3) is 3.00. The first kappa shape index (κ1) is 16.1. The van der Waals surface area contributed by atoms with Crippen LogP contribution in [0.15, 0.2) is 49.4 Å². The Bertz CT molecular complexity index is 810. The Morgan fingerprint density at radius 1 is 1.17 bits per heavy atom. The van der Waals surface area contributed by atoms with Crippen molar-refractivity contribution in [1.29, 1.82) is 0 Å². The van der Waals surface area contributed by atoms with Gasteiger partial charge in [0.2, 0.25) is 0 Å². The SMILES string of the molecule is CC(c1ncncc1F)[C@@](O)(Cn1cncn1)c1ccc(F)cc1. The van der Waals surface area contributed by atoms with Crippen LogP contribution in [0.4, 0.5) is 8.78 Å². The van der Waals surface area contributed by atoms with Crippen LogP contribution in [0.3, 0.4) is 0 Å². The van der Waals surface area contributed by atoms with Crippen LogP contribution < -0.4 is 0 Å². The van der Waals surface area contributed by atoms with E-state index in [9.17, 15) is 13.9 Å². The van der Waals surface area contributed by atoms with Crippen molar-refractivity contribution in [2.75, 3.05) is 0 Å². The van der Waals surface area contributed by atoms with Gasteiger partial charge in [-0.05, 0) is 17.7 Å². The number of aliphatic hydroxyl groups is 1. The van der Waals surface area contributed by atoms with Crippen LogP contribution in [0.1, 0.15) is 24.1 Å². The van der Waals surface area contributed by atoms with E-state index in [4.69, 9.17) is 0 Å². The summed E-state index contributed by atoms with van der Waals surface area (Å²) < 4.78 is 28.8. The first-order valence-electron chi connectivity index (χ1n) is 7.27. The van der Waals surface area contributed by atoms with Gasteiger partial charge in [-0.2, -0.15) is 5.10 Å². The number of benzene rings is 1. The van der Waals surface area contributed by atoms with E-state index in [0.717, 1.165) is 6.20 Å². The predicted molar refractivity (Wildman–Crippen MR) is 80.7 cm³/mol. The van der Waals surface area contributed by atoms with Crippen LogP contribution in [-0.2, 0) is 12.1 Å². The van der Waals surface area contributed by atoms with Gasteiger partial charge in [-0.25, -0.2) is 28.4 Å². The van der Waals surface area contributed by atoms with Crippen LogP contribution in [0.5, 0.6) is 0 Å². The van der Waals surface area contributed by atoms with Crippen LogP contribution >= 0.6 is 0 Å². The summed E-state index contributed by atoms with van der Waals surface area (Å²) in [6.07, 6.45) is 5.04. The van der Waals surface area contributed by atoms with Gasteiger partial charge >= 0.3 is 0 Å². The zero-order valence-corrected chi connectivity index (χ0v) is 12.8. The quantitative estimate of drug-likeness (QED) is 0.774. The van der Waals surface area contributed by atoms with Gasteiger partial charge in [0.25, 0.3) is 0 Å². The maximum absolute atomic E-state index is 14.1. The Balaban J connectivity index is 2.07. The molecule has 0 spiro atoms. The van der Waals surface area contributed by atoms with Crippen LogP contribution in [-0.4, -0.2) is 29.8 Å². The smallest absolute Gasteiger partial charge is 0.163 e. The lowest BCUT2D eigenvalue weighted by molar-refractivity contribution is -0.0103. The Labute approximate surface area is 136 Å². The fourth-order valence-corrected chi connectivity index (χ4v) is 2.64. The minimum absolute atomic E-state index is 0.00322. The number of hydrogen-bond donors (Lipinski definition) is 1.